The summed E-state index contributed by atoms with van der Waals surface area (Å²) in [4.78, 5) is 27.1. The minimum absolute atomic E-state index is 0.0299. The predicted molar refractivity (Wildman–Crippen MR) is 94.2 cm³/mol. The normalized spacial score (nSPS) is 29.0. The van der Waals surface area contributed by atoms with Crippen LogP contribution in [0.4, 0.5) is 0 Å². The third-order valence-electron chi connectivity index (χ3n) is 6.12. The van der Waals surface area contributed by atoms with Gasteiger partial charge in [0.25, 0.3) is 5.91 Å². The molecule has 2 amide bonds. The fourth-order valence-corrected chi connectivity index (χ4v) is 4.39. The number of ether oxygens (including phenoxy) is 1. The van der Waals surface area contributed by atoms with E-state index in [1.807, 2.05) is 36.1 Å². The van der Waals surface area contributed by atoms with Crippen molar-refractivity contribution in [3.63, 3.8) is 0 Å². The molecule has 0 radical (unpaired) electrons. The second-order valence-electron chi connectivity index (χ2n) is 7.59. The summed E-state index contributed by atoms with van der Waals surface area (Å²) in [5.74, 6) is 0.800. The van der Waals surface area contributed by atoms with Gasteiger partial charge in [0.15, 0.2) is 0 Å². The zero-order valence-electron chi connectivity index (χ0n) is 14.7. The van der Waals surface area contributed by atoms with Crippen molar-refractivity contribution in [1.82, 2.24) is 10.2 Å². The first-order valence-corrected chi connectivity index (χ1v) is 9.40. The summed E-state index contributed by atoms with van der Waals surface area (Å²) in [5.41, 5.74) is 1.78. The first-order chi connectivity index (χ1) is 12.1. The number of nitrogens with zero attached hydrogens (tertiary/aromatic N) is 1. The molecule has 3 unspecified atom stereocenters. The van der Waals surface area contributed by atoms with Gasteiger partial charge in [-0.3, -0.25) is 9.59 Å². The highest BCUT2D eigenvalue weighted by Gasteiger charge is 2.46. The number of piperidine rings is 1. The van der Waals surface area contributed by atoms with Crippen LogP contribution in [0.5, 0.6) is 0 Å². The van der Waals surface area contributed by atoms with Gasteiger partial charge < -0.3 is 15.0 Å². The number of amides is 2. The fraction of sp³-hybridized carbons (Fsp3) is 0.600. The Morgan fingerprint density at radius 3 is 2.64 bits per heavy atom. The molecule has 1 aromatic carbocycles. The lowest BCUT2D eigenvalue weighted by atomic mass is 9.76. The second kappa shape index (κ2) is 6.79. The van der Waals surface area contributed by atoms with Crippen molar-refractivity contribution in [1.29, 1.82) is 0 Å². The van der Waals surface area contributed by atoms with E-state index in [1.165, 1.54) is 0 Å². The van der Waals surface area contributed by atoms with Crippen molar-refractivity contribution in [2.45, 2.75) is 44.8 Å². The second-order valence-corrected chi connectivity index (χ2v) is 7.59. The smallest absolute Gasteiger partial charge is 0.254 e. The topological polar surface area (TPSA) is 58.6 Å². The van der Waals surface area contributed by atoms with Crippen molar-refractivity contribution >= 4 is 11.8 Å². The molecule has 1 saturated carbocycles. The molecule has 5 heteroatoms. The van der Waals surface area contributed by atoms with Gasteiger partial charge in [-0.1, -0.05) is 18.2 Å². The van der Waals surface area contributed by atoms with E-state index < -0.39 is 0 Å². The first-order valence-electron chi connectivity index (χ1n) is 9.40. The van der Waals surface area contributed by atoms with Crippen molar-refractivity contribution < 1.29 is 14.3 Å². The lowest BCUT2D eigenvalue weighted by Gasteiger charge is -2.40. The quantitative estimate of drug-likeness (QED) is 0.916. The van der Waals surface area contributed by atoms with Crippen LogP contribution in [0, 0.1) is 18.8 Å². The van der Waals surface area contributed by atoms with E-state index in [0.717, 1.165) is 43.4 Å². The van der Waals surface area contributed by atoms with E-state index in [4.69, 9.17) is 4.74 Å². The van der Waals surface area contributed by atoms with Gasteiger partial charge in [-0.2, -0.15) is 0 Å². The minimum atomic E-state index is 0.0299. The Morgan fingerprint density at radius 2 is 1.92 bits per heavy atom. The predicted octanol–water partition coefficient (Wildman–Crippen LogP) is 2.14. The molecule has 1 aliphatic carbocycles. The molecule has 1 aromatic rings. The van der Waals surface area contributed by atoms with Gasteiger partial charge in [-0.25, -0.2) is 0 Å². The Bertz CT molecular complexity index is 667. The average molecular weight is 342 g/mol. The summed E-state index contributed by atoms with van der Waals surface area (Å²) < 4.78 is 5.61. The van der Waals surface area contributed by atoms with E-state index in [0.29, 0.717) is 31.2 Å². The maximum Gasteiger partial charge on any atom is 0.254 e. The van der Waals surface area contributed by atoms with Crippen LogP contribution >= 0.6 is 0 Å². The maximum atomic E-state index is 12.7. The number of carbonyl (C=O) groups excluding carboxylic acids is 2. The number of benzene rings is 1. The number of aryl methyl sites for hydroxylation is 1. The molecule has 25 heavy (non-hydrogen) atoms. The van der Waals surface area contributed by atoms with Crippen LogP contribution in [0.3, 0.4) is 0 Å². The summed E-state index contributed by atoms with van der Waals surface area (Å²) in [5, 5.41) is 3.22. The van der Waals surface area contributed by atoms with Crippen molar-refractivity contribution in [3.05, 3.63) is 35.4 Å². The number of hydrogen-bond donors (Lipinski definition) is 1. The van der Waals surface area contributed by atoms with Crippen LogP contribution in [0.15, 0.2) is 24.3 Å². The number of fused-ring (bicyclic) bond motifs is 1. The van der Waals surface area contributed by atoms with Crippen LogP contribution in [0.1, 0.15) is 41.6 Å². The molecule has 1 N–H and O–H groups in total. The van der Waals surface area contributed by atoms with Crippen LogP contribution in [0.25, 0.3) is 0 Å². The number of carbonyl (C=O) groups is 2. The van der Waals surface area contributed by atoms with Crippen molar-refractivity contribution in [2.24, 2.45) is 11.8 Å². The molecular formula is C20H26N2O3. The molecule has 3 aliphatic rings. The Hall–Kier alpha value is -1.88. The molecule has 0 aromatic heterocycles. The molecule has 134 valence electrons. The Balaban J connectivity index is 1.29. The lowest BCUT2D eigenvalue weighted by molar-refractivity contribution is -0.129. The number of nitrogens with one attached hydrogen (secondary N) is 1. The number of hydrogen-bond acceptors (Lipinski definition) is 3. The van der Waals surface area contributed by atoms with E-state index in [9.17, 15) is 9.59 Å². The van der Waals surface area contributed by atoms with Crippen molar-refractivity contribution in [2.75, 3.05) is 19.7 Å². The number of rotatable bonds is 3. The molecule has 2 heterocycles. The molecular weight excluding hydrogens is 316 g/mol. The summed E-state index contributed by atoms with van der Waals surface area (Å²) >= 11 is 0. The highest BCUT2D eigenvalue weighted by molar-refractivity contribution is 5.95. The summed E-state index contributed by atoms with van der Waals surface area (Å²) in [7, 11) is 0. The zero-order chi connectivity index (χ0) is 17.4. The van der Waals surface area contributed by atoms with Gasteiger partial charge in [-0.05, 0) is 44.2 Å². The standard InChI is InChI=1S/C20H26N2O3/c1-13-4-2-3-5-15(13)20(24)22-9-6-14(7-10-22)19(23)21-17-12-18-16(17)8-11-25-18/h2-5,14,16-18H,6-12H2,1H3,(H,21,23). The maximum absolute atomic E-state index is 12.7. The monoisotopic (exact) mass is 342 g/mol. The fourth-order valence-electron chi connectivity index (χ4n) is 4.39. The van der Waals surface area contributed by atoms with Gasteiger partial charge in [0.2, 0.25) is 5.91 Å². The summed E-state index contributed by atoms with van der Waals surface area (Å²) in [6, 6.07) is 7.99. The molecule has 3 atom stereocenters. The van der Waals surface area contributed by atoms with Gasteiger partial charge in [-0.15, -0.1) is 0 Å². The Labute approximate surface area is 148 Å². The molecule has 2 saturated heterocycles. The Kier molecular flexibility index (Phi) is 4.50. The lowest BCUT2D eigenvalue weighted by Crippen LogP contribution is -2.55. The van der Waals surface area contributed by atoms with E-state index in [-0.39, 0.29) is 17.7 Å². The van der Waals surface area contributed by atoms with Crippen LogP contribution in [-0.2, 0) is 9.53 Å². The third-order valence-corrected chi connectivity index (χ3v) is 6.12. The average Bonchev–Trinajstić information content (AvgIpc) is 3.00. The third kappa shape index (κ3) is 3.17. The van der Waals surface area contributed by atoms with Gasteiger partial charge in [0.05, 0.1) is 6.10 Å². The van der Waals surface area contributed by atoms with Gasteiger partial charge in [0, 0.05) is 43.1 Å². The molecule has 4 rings (SSSR count). The molecule has 0 spiro atoms. The number of likely N-dealkylation sites (tertiary alicyclic amines) is 1. The molecule has 0 bridgehead atoms. The minimum Gasteiger partial charge on any atom is -0.378 e. The zero-order valence-corrected chi connectivity index (χ0v) is 14.7. The summed E-state index contributed by atoms with van der Waals surface area (Å²) in [6.45, 7) is 4.11. The van der Waals surface area contributed by atoms with E-state index in [1.54, 1.807) is 0 Å². The SMILES string of the molecule is Cc1ccccc1C(=O)N1CCC(C(=O)NC2CC3OCCC23)CC1. The van der Waals surface area contributed by atoms with Crippen molar-refractivity contribution in [3.8, 4) is 0 Å². The molecule has 2 aliphatic heterocycles. The van der Waals surface area contributed by atoms with E-state index in [2.05, 4.69) is 5.32 Å². The Morgan fingerprint density at radius 1 is 1.16 bits per heavy atom. The van der Waals surface area contributed by atoms with E-state index >= 15 is 0 Å². The molecule has 3 fully saturated rings. The van der Waals surface area contributed by atoms with Crippen LogP contribution < -0.4 is 5.32 Å². The van der Waals surface area contributed by atoms with Gasteiger partial charge >= 0.3 is 0 Å². The highest BCUT2D eigenvalue weighted by atomic mass is 16.5. The first kappa shape index (κ1) is 16.6. The largest absolute Gasteiger partial charge is 0.378 e. The van der Waals surface area contributed by atoms with Crippen LogP contribution in [0.2, 0.25) is 0 Å². The highest BCUT2D eigenvalue weighted by Crippen LogP contribution is 2.38. The summed E-state index contributed by atoms with van der Waals surface area (Å²) in [6.07, 6.45) is 3.90. The molecule has 5 nitrogen and oxygen atoms in total. The van der Waals surface area contributed by atoms with Crippen LogP contribution in [-0.4, -0.2) is 48.6 Å². The van der Waals surface area contributed by atoms with Gasteiger partial charge in [0.1, 0.15) is 0 Å².